The van der Waals surface area contributed by atoms with Gasteiger partial charge in [0.05, 0.1) is 26.4 Å². The number of aliphatic hydroxyl groups is 1. The molecule has 1 aromatic rings. The van der Waals surface area contributed by atoms with Gasteiger partial charge in [-0.25, -0.2) is 0 Å². The number of aliphatic hydroxyl groups excluding tert-OH is 1. The van der Waals surface area contributed by atoms with Crippen molar-refractivity contribution in [3.8, 4) is 5.75 Å². The first-order valence-corrected chi connectivity index (χ1v) is 7.60. The first-order valence-electron chi connectivity index (χ1n) is 7.60. The van der Waals surface area contributed by atoms with Gasteiger partial charge in [-0.3, -0.25) is 0 Å². The van der Waals surface area contributed by atoms with Gasteiger partial charge >= 0.3 is 0 Å². The highest BCUT2D eigenvalue weighted by Crippen LogP contribution is 2.28. The van der Waals surface area contributed by atoms with E-state index in [9.17, 15) is 5.11 Å². The molecular weight excluding hydrogens is 266 g/mol. The van der Waals surface area contributed by atoms with Crippen LogP contribution in [0.15, 0.2) is 24.3 Å². The smallest absolute Gasteiger partial charge is 0.118 e. The third kappa shape index (κ3) is 5.30. The molecule has 21 heavy (non-hydrogen) atoms. The van der Waals surface area contributed by atoms with Crippen LogP contribution < -0.4 is 4.74 Å². The molecule has 4 nitrogen and oxygen atoms in total. The van der Waals surface area contributed by atoms with Crippen LogP contribution in [-0.2, 0) is 11.3 Å². The Hall–Kier alpha value is -1.10. The average Bonchev–Trinajstić information content (AvgIpc) is 2.78. The molecule has 1 heterocycles. The van der Waals surface area contributed by atoms with E-state index < -0.39 is 6.10 Å². The molecule has 4 heteroatoms. The van der Waals surface area contributed by atoms with Gasteiger partial charge in [-0.05, 0) is 36.1 Å². The summed E-state index contributed by atoms with van der Waals surface area (Å²) in [5.41, 5.74) is 1.47. The lowest BCUT2D eigenvalue weighted by Gasteiger charge is -2.22. The van der Waals surface area contributed by atoms with E-state index in [0.29, 0.717) is 25.2 Å². The molecule has 1 unspecified atom stereocenters. The Morgan fingerprint density at radius 1 is 1.29 bits per heavy atom. The topological polar surface area (TPSA) is 41.9 Å². The zero-order valence-electron chi connectivity index (χ0n) is 13.3. The molecule has 0 saturated carbocycles. The van der Waals surface area contributed by atoms with Crippen molar-refractivity contribution in [2.24, 2.45) is 5.41 Å². The highest BCUT2D eigenvalue weighted by molar-refractivity contribution is 5.26. The van der Waals surface area contributed by atoms with Crippen LogP contribution in [0.2, 0.25) is 0 Å². The summed E-state index contributed by atoms with van der Waals surface area (Å²) in [4.78, 5) is 2.32. The standard InChI is InChI=1S/C17H27NO3/c1-17(2)8-9-18(13-17)10-15(19)12-21-11-14-4-6-16(20-3)7-5-14/h4-7,15,19H,8-13H2,1-3H3. The number of hydrogen-bond donors (Lipinski definition) is 1. The number of methoxy groups -OCH3 is 1. The third-order valence-electron chi connectivity index (χ3n) is 3.96. The minimum Gasteiger partial charge on any atom is -0.497 e. The molecule has 0 spiro atoms. The second-order valence-electron chi connectivity index (χ2n) is 6.67. The lowest BCUT2D eigenvalue weighted by Crippen LogP contribution is -2.34. The SMILES string of the molecule is COc1ccc(COCC(O)CN2CCC(C)(C)C2)cc1. The fraction of sp³-hybridized carbons (Fsp3) is 0.647. The maximum Gasteiger partial charge on any atom is 0.118 e. The van der Waals surface area contributed by atoms with Gasteiger partial charge in [-0.2, -0.15) is 0 Å². The number of ether oxygens (including phenoxy) is 2. The molecule has 1 fully saturated rings. The molecule has 0 bridgehead atoms. The Bertz CT molecular complexity index is 430. The molecule has 0 radical (unpaired) electrons. The molecule has 1 aliphatic rings. The Kier molecular flexibility index (Phi) is 5.62. The molecule has 1 saturated heterocycles. The van der Waals surface area contributed by atoms with E-state index in [4.69, 9.17) is 9.47 Å². The van der Waals surface area contributed by atoms with Crippen molar-refractivity contribution in [1.29, 1.82) is 0 Å². The van der Waals surface area contributed by atoms with Crippen molar-refractivity contribution in [2.45, 2.75) is 33.0 Å². The first kappa shape index (κ1) is 16.3. The fourth-order valence-corrected chi connectivity index (χ4v) is 2.77. The van der Waals surface area contributed by atoms with Gasteiger partial charge in [0.1, 0.15) is 5.75 Å². The van der Waals surface area contributed by atoms with Gasteiger partial charge in [0.25, 0.3) is 0 Å². The van der Waals surface area contributed by atoms with E-state index in [0.717, 1.165) is 24.4 Å². The predicted octanol–water partition coefficient (Wildman–Crippen LogP) is 2.30. The highest BCUT2D eigenvalue weighted by Gasteiger charge is 2.29. The van der Waals surface area contributed by atoms with Gasteiger partial charge in [0.2, 0.25) is 0 Å². The van der Waals surface area contributed by atoms with Crippen molar-refractivity contribution in [1.82, 2.24) is 4.90 Å². The van der Waals surface area contributed by atoms with Crippen LogP contribution >= 0.6 is 0 Å². The summed E-state index contributed by atoms with van der Waals surface area (Å²) < 4.78 is 10.7. The average molecular weight is 293 g/mol. The van der Waals surface area contributed by atoms with Crippen LogP contribution in [0.25, 0.3) is 0 Å². The van der Waals surface area contributed by atoms with Gasteiger partial charge in [-0.15, -0.1) is 0 Å². The predicted molar refractivity (Wildman–Crippen MR) is 83.5 cm³/mol. The lowest BCUT2D eigenvalue weighted by atomic mass is 9.93. The summed E-state index contributed by atoms with van der Waals surface area (Å²) in [6, 6.07) is 7.80. The third-order valence-corrected chi connectivity index (χ3v) is 3.96. The number of hydrogen-bond acceptors (Lipinski definition) is 4. The minimum absolute atomic E-state index is 0.378. The summed E-state index contributed by atoms with van der Waals surface area (Å²) >= 11 is 0. The molecule has 1 aliphatic heterocycles. The minimum atomic E-state index is -0.419. The maximum atomic E-state index is 10.1. The Morgan fingerprint density at radius 2 is 2.00 bits per heavy atom. The van der Waals surface area contributed by atoms with Crippen molar-refractivity contribution in [3.05, 3.63) is 29.8 Å². The summed E-state index contributed by atoms with van der Waals surface area (Å²) in [6.07, 6.45) is 0.782. The Labute approximate surface area is 127 Å². The lowest BCUT2D eigenvalue weighted by molar-refractivity contribution is 0.0122. The zero-order valence-corrected chi connectivity index (χ0v) is 13.3. The molecule has 2 rings (SSSR count). The summed E-state index contributed by atoms with van der Waals surface area (Å²) in [5.74, 6) is 0.843. The van der Waals surface area contributed by atoms with Crippen LogP contribution in [0.4, 0.5) is 0 Å². The number of β-amino-alcohol motifs (C(OH)–C–C–N with tert-alkyl or cyclic N) is 1. The number of nitrogens with zero attached hydrogens (tertiary/aromatic N) is 1. The van der Waals surface area contributed by atoms with Gasteiger partial charge < -0.3 is 19.5 Å². The molecule has 1 N–H and O–H groups in total. The Balaban J connectivity index is 1.66. The van der Waals surface area contributed by atoms with Crippen LogP contribution in [-0.4, -0.2) is 49.5 Å². The summed E-state index contributed by atoms with van der Waals surface area (Å²) in [5, 5.41) is 10.1. The van der Waals surface area contributed by atoms with Crippen LogP contribution in [0.5, 0.6) is 5.75 Å². The first-order chi connectivity index (χ1) is 9.98. The van der Waals surface area contributed by atoms with Crippen molar-refractivity contribution in [3.63, 3.8) is 0 Å². The molecule has 1 aromatic carbocycles. The number of rotatable bonds is 7. The van der Waals surface area contributed by atoms with Gasteiger partial charge in [-0.1, -0.05) is 26.0 Å². The quantitative estimate of drug-likeness (QED) is 0.837. The molecule has 1 atom stereocenters. The van der Waals surface area contributed by atoms with Crippen molar-refractivity contribution < 1.29 is 14.6 Å². The normalized spacial score (nSPS) is 19.6. The van der Waals surface area contributed by atoms with E-state index in [1.165, 1.54) is 6.42 Å². The monoisotopic (exact) mass is 293 g/mol. The molecule has 0 aliphatic carbocycles. The highest BCUT2D eigenvalue weighted by atomic mass is 16.5. The largest absolute Gasteiger partial charge is 0.497 e. The number of benzene rings is 1. The fourth-order valence-electron chi connectivity index (χ4n) is 2.77. The van der Waals surface area contributed by atoms with E-state index >= 15 is 0 Å². The Morgan fingerprint density at radius 3 is 2.57 bits per heavy atom. The zero-order chi connectivity index (χ0) is 15.3. The van der Waals surface area contributed by atoms with Crippen LogP contribution in [0, 0.1) is 5.41 Å². The van der Waals surface area contributed by atoms with E-state index in [1.807, 2.05) is 24.3 Å². The molecule has 0 aromatic heterocycles. The van der Waals surface area contributed by atoms with E-state index in [1.54, 1.807) is 7.11 Å². The number of likely N-dealkylation sites (tertiary alicyclic amines) is 1. The summed E-state index contributed by atoms with van der Waals surface area (Å²) in [6.45, 7) is 8.28. The van der Waals surface area contributed by atoms with Gasteiger partial charge in [0.15, 0.2) is 0 Å². The van der Waals surface area contributed by atoms with E-state index in [-0.39, 0.29) is 0 Å². The summed E-state index contributed by atoms with van der Waals surface area (Å²) in [7, 11) is 1.65. The van der Waals surface area contributed by atoms with Crippen molar-refractivity contribution in [2.75, 3.05) is 33.4 Å². The van der Waals surface area contributed by atoms with Crippen LogP contribution in [0.3, 0.4) is 0 Å². The molecule has 0 amide bonds. The second-order valence-corrected chi connectivity index (χ2v) is 6.67. The maximum absolute atomic E-state index is 10.1. The van der Waals surface area contributed by atoms with Gasteiger partial charge in [0, 0.05) is 13.1 Å². The molecule has 118 valence electrons. The van der Waals surface area contributed by atoms with E-state index in [2.05, 4.69) is 18.7 Å². The molecular formula is C17H27NO3. The second kappa shape index (κ2) is 7.25. The van der Waals surface area contributed by atoms with Crippen LogP contribution in [0.1, 0.15) is 25.8 Å². The van der Waals surface area contributed by atoms with Crippen molar-refractivity contribution >= 4 is 0 Å².